The smallest absolute Gasteiger partial charge is 0.243 e. The number of amides is 2. The van der Waals surface area contributed by atoms with Gasteiger partial charge in [-0.25, -0.2) is 15.0 Å². The zero-order valence-corrected chi connectivity index (χ0v) is 36.7. The minimum atomic E-state index is -0.838. The molecule has 3 N–H and O–H groups in total. The molecule has 2 fully saturated rings. The van der Waals surface area contributed by atoms with Crippen molar-refractivity contribution in [3.8, 4) is 38.7 Å². The van der Waals surface area contributed by atoms with Gasteiger partial charge >= 0.3 is 0 Å². The number of anilines is 1. The molecular formula is C47H50N10O5S. The highest BCUT2D eigenvalue weighted by Crippen LogP contribution is 2.36. The SMILES string of the molecule is Cc1ncsc1-c1ccc([C@H](C)NC(=O)[C@@H]2C[C@@H](O)CN2C(=O)[C@@H](c2cc(-c3cnc(N4CCC(c5cc6nnc(-c7ccccc7O)cc6n5C)CC4)nc3)no2)C(C)C)cc1. The average Bonchev–Trinajstić information content (AvgIpc) is 4.11. The van der Waals surface area contributed by atoms with Crippen LogP contribution in [0.5, 0.6) is 5.75 Å². The number of aliphatic hydroxyl groups is 1. The Morgan fingerprint density at radius 3 is 2.37 bits per heavy atom. The Kier molecular flexibility index (Phi) is 11.5. The van der Waals surface area contributed by atoms with Crippen molar-refractivity contribution >= 4 is 40.1 Å². The molecule has 2 amide bonds. The molecule has 0 saturated carbocycles. The first-order valence-electron chi connectivity index (χ1n) is 21.4. The van der Waals surface area contributed by atoms with E-state index in [1.54, 1.807) is 41.9 Å². The molecule has 2 aliphatic rings. The standard InChI is InChI=1S/C47H50N10O5S/c1-26(2)43(46(61)57-24-33(58)18-40(57)45(60)51-27(3)29-10-12-31(13-11-29)44-28(4)50-25-63-44)42-21-35(54-62-42)32-22-48-47(49-23-32)56-16-14-30(15-17-56)38-20-37-39(55(38)5)19-36(52-53-37)34-8-6-7-9-41(34)59/h6-13,19-23,25-27,30,33,40,43,58-59H,14-18,24H2,1-5H3,(H,51,60)/t27-,33+,40-,43+/m0/s1. The Morgan fingerprint density at radius 2 is 1.67 bits per heavy atom. The first kappa shape index (κ1) is 41.8. The molecule has 4 atom stereocenters. The van der Waals surface area contributed by atoms with Gasteiger partial charge in [-0.2, -0.15) is 0 Å². The Labute approximate surface area is 368 Å². The van der Waals surface area contributed by atoms with E-state index < -0.39 is 18.1 Å². The zero-order valence-electron chi connectivity index (χ0n) is 35.8. The predicted molar refractivity (Wildman–Crippen MR) is 240 cm³/mol. The van der Waals surface area contributed by atoms with Crippen LogP contribution < -0.4 is 10.2 Å². The fraction of sp³-hybridized carbons (Fsp3) is 0.362. The van der Waals surface area contributed by atoms with Crippen LogP contribution in [0.2, 0.25) is 0 Å². The van der Waals surface area contributed by atoms with Gasteiger partial charge in [0.1, 0.15) is 34.7 Å². The fourth-order valence-corrected chi connectivity index (χ4v) is 9.84. The van der Waals surface area contributed by atoms with Crippen molar-refractivity contribution in [3.63, 3.8) is 0 Å². The number of benzene rings is 2. The lowest BCUT2D eigenvalue weighted by molar-refractivity contribution is -0.141. The van der Waals surface area contributed by atoms with E-state index >= 15 is 0 Å². The number of phenols is 1. The van der Waals surface area contributed by atoms with E-state index in [-0.39, 0.29) is 42.5 Å². The van der Waals surface area contributed by atoms with Crippen LogP contribution in [-0.2, 0) is 16.6 Å². The lowest BCUT2D eigenvalue weighted by atomic mass is 9.91. The summed E-state index contributed by atoms with van der Waals surface area (Å²) in [7, 11) is 2.05. The molecule has 2 aliphatic heterocycles. The number of carbonyl (C=O) groups is 2. The third-order valence-corrected chi connectivity index (χ3v) is 13.5. The van der Waals surface area contributed by atoms with Gasteiger partial charge in [0.2, 0.25) is 17.8 Å². The molecule has 0 spiro atoms. The number of hydrogen-bond donors (Lipinski definition) is 3. The van der Waals surface area contributed by atoms with E-state index in [0.29, 0.717) is 40.1 Å². The van der Waals surface area contributed by atoms with Gasteiger partial charge in [-0.3, -0.25) is 9.59 Å². The van der Waals surface area contributed by atoms with Gasteiger partial charge in [-0.1, -0.05) is 55.4 Å². The second-order valence-electron chi connectivity index (χ2n) is 17.0. The van der Waals surface area contributed by atoms with Crippen molar-refractivity contribution in [2.75, 3.05) is 24.5 Å². The number of likely N-dealkylation sites (tertiary alicyclic amines) is 1. The van der Waals surface area contributed by atoms with E-state index in [9.17, 15) is 19.8 Å². The monoisotopic (exact) mass is 866 g/mol. The molecule has 15 nitrogen and oxygen atoms in total. The second kappa shape index (κ2) is 17.3. The molecule has 324 valence electrons. The fourth-order valence-electron chi connectivity index (χ4n) is 9.03. The third kappa shape index (κ3) is 8.27. The number of β-amino-alcohol motifs (C(OH)–C–C–N with tert-alkyl or cyclic N) is 1. The second-order valence-corrected chi connectivity index (χ2v) is 17.9. The number of aromatic hydroxyl groups is 1. The third-order valence-electron chi connectivity index (χ3n) is 12.6. The van der Waals surface area contributed by atoms with Gasteiger partial charge in [0.15, 0.2) is 0 Å². The van der Waals surface area contributed by atoms with Gasteiger partial charge in [-0.15, -0.1) is 21.5 Å². The number of aliphatic hydroxyl groups excluding tert-OH is 1. The van der Waals surface area contributed by atoms with Crippen molar-refractivity contribution in [3.05, 3.63) is 107 Å². The molecular weight excluding hydrogens is 817 g/mol. The summed E-state index contributed by atoms with van der Waals surface area (Å²) < 4.78 is 8.01. The normalized spacial score (nSPS) is 18.0. The molecule has 7 heterocycles. The van der Waals surface area contributed by atoms with Crippen LogP contribution in [-0.4, -0.2) is 93.6 Å². The summed E-state index contributed by atoms with van der Waals surface area (Å²) in [5.41, 5.74) is 10.2. The Bertz CT molecular complexity index is 2760. The molecule has 7 aromatic rings. The summed E-state index contributed by atoms with van der Waals surface area (Å²) in [5, 5.41) is 37.4. The van der Waals surface area contributed by atoms with Gasteiger partial charge in [0.05, 0.1) is 39.4 Å². The van der Waals surface area contributed by atoms with Crippen molar-refractivity contribution in [1.82, 2.24) is 45.1 Å². The maximum Gasteiger partial charge on any atom is 0.243 e. The Balaban J connectivity index is 0.832. The molecule has 2 aromatic carbocycles. The van der Waals surface area contributed by atoms with E-state index in [0.717, 1.165) is 58.7 Å². The number of aryl methyl sites for hydroxylation is 2. The highest BCUT2D eigenvalue weighted by atomic mass is 32.1. The highest BCUT2D eigenvalue weighted by Gasteiger charge is 2.43. The zero-order chi connectivity index (χ0) is 43.9. The number of phenolic OH excluding ortho intramolecular Hbond substituents is 1. The lowest BCUT2D eigenvalue weighted by Crippen LogP contribution is -2.48. The molecule has 5 aromatic heterocycles. The number of hydrogen-bond acceptors (Lipinski definition) is 13. The topological polar surface area (TPSA) is 189 Å². The molecule has 0 unspecified atom stereocenters. The number of nitrogens with one attached hydrogen (secondary N) is 1. The van der Waals surface area contributed by atoms with Crippen molar-refractivity contribution in [2.24, 2.45) is 13.0 Å². The van der Waals surface area contributed by atoms with Crippen LogP contribution in [0.25, 0.3) is 44.0 Å². The summed E-state index contributed by atoms with van der Waals surface area (Å²) in [4.78, 5) is 46.6. The van der Waals surface area contributed by atoms with Crippen LogP contribution >= 0.6 is 11.3 Å². The van der Waals surface area contributed by atoms with Gasteiger partial charge in [-0.05, 0) is 68.0 Å². The highest BCUT2D eigenvalue weighted by molar-refractivity contribution is 7.13. The molecule has 16 heteroatoms. The number of fused-ring (bicyclic) bond motifs is 1. The van der Waals surface area contributed by atoms with Crippen molar-refractivity contribution < 1.29 is 24.3 Å². The van der Waals surface area contributed by atoms with Gasteiger partial charge in [0.25, 0.3) is 0 Å². The molecule has 0 aliphatic carbocycles. The Morgan fingerprint density at radius 1 is 0.921 bits per heavy atom. The Hall–Kier alpha value is -6.52. The number of piperidine rings is 1. The van der Waals surface area contributed by atoms with Crippen molar-refractivity contribution in [1.29, 1.82) is 0 Å². The van der Waals surface area contributed by atoms with E-state index in [1.165, 1.54) is 10.6 Å². The molecule has 2 saturated heterocycles. The van der Waals surface area contributed by atoms with E-state index in [4.69, 9.17) is 14.5 Å². The van der Waals surface area contributed by atoms with Crippen LogP contribution in [0.3, 0.4) is 0 Å². The number of aromatic nitrogens is 7. The lowest BCUT2D eigenvalue weighted by Gasteiger charge is -2.32. The summed E-state index contributed by atoms with van der Waals surface area (Å²) in [5.74, 6) is -0.0601. The number of nitrogens with zero attached hydrogens (tertiary/aromatic N) is 9. The predicted octanol–water partition coefficient (Wildman–Crippen LogP) is 7.18. The van der Waals surface area contributed by atoms with Crippen LogP contribution in [0.15, 0.2) is 89.2 Å². The maximum atomic E-state index is 14.3. The van der Waals surface area contributed by atoms with E-state index in [2.05, 4.69) is 48.2 Å². The summed E-state index contributed by atoms with van der Waals surface area (Å²) in [6.07, 6.45) is 4.57. The minimum absolute atomic E-state index is 0.0450. The number of carbonyl (C=O) groups excluding carboxylic acids is 2. The molecule has 9 rings (SSSR count). The average molecular weight is 867 g/mol. The number of para-hydroxylation sites is 1. The number of rotatable bonds is 11. The largest absolute Gasteiger partial charge is 0.507 e. The first-order valence-corrected chi connectivity index (χ1v) is 22.3. The van der Waals surface area contributed by atoms with E-state index in [1.807, 2.05) is 75.7 Å². The molecule has 0 radical (unpaired) electrons. The van der Waals surface area contributed by atoms with Gasteiger partial charge in [0, 0.05) is 74.3 Å². The first-order chi connectivity index (χ1) is 30.4. The minimum Gasteiger partial charge on any atom is -0.507 e. The van der Waals surface area contributed by atoms with Gasteiger partial charge < -0.3 is 34.4 Å². The quantitative estimate of drug-likeness (QED) is 0.119. The van der Waals surface area contributed by atoms with Crippen LogP contribution in [0.1, 0.15) is 80.6 Å². The molecule has 63 heavy (non-hydrogen) atoms. The maximum absolute atomic E-state index is 14.3. The van der Waals surface area contributed by atoms with Crippen LogP contribution in [0.4, 0.5) is 5.95 Å². The van der Waals surface area contributed by atoms with Crippen LogP contribution in [0, 0.1) is 12.8 Å². The summed E-state index contributed by atoms with van der Waals surface area (Å²) >= 11 is 1.59. The van der Waals surface area contributed by atoms with Crippen molar-refractivity contribution in [2.45, 2.75) is 77.0 Å². The summed E-state index contributed by atoms with van der Waals surface area (Å²) in [6.45, 7) is 9.34. The number of thiazole rings is 1. The molecule has 0 bridgehead atoms. The summed E-state index contributed by atoms with van der Waals surface area (Å²) in [6, 6.07) is 19.9.